The van der Waals surface area contributed by atoms with Crippen LogP contribution in [-0.4, -0.2) is 20.4 Å². The molecule has 108 valence electrons. The van der Waals surface area contributed by atoms with E-state index >= 15 is 0 Å². The molecule has 2 rings (SSSR count). The van der Waals surface area contributed by atoms with Crippen LogP contribution in [0.2, 0.25) is 0 Å². The molecule has 0 aliphatic rings. The Bertz CT molecular complexity index is 654. The van der Waals surface area contributed by atoms with E-state index in [9.17, 15) is 8.42 Å². The zero-order valence-corrected chi connectivity index (χ0v) is 13.0. The molecule has 0 amide bonds. The van der Waals surface area contributed by atoms with Crippen LogP contribution in [0.4, 0.5) is 5.82 Å². The van der Waals surface area contributed by atoms with Crippen LogP contribution >= 0.6 is 11.3 Å². The predicted octanol–water partition coefficient (Wildman–Crippen LogP) is 2.61. The topological polar surface area (TPSA) is 71.1 Å². The van der Waals surface area contributed by atoms with Gasteiger partial charge < -0.3 is 5.32 Å². The average molecular weight is 311 g/mol. The van der Waals surface area contributed by atoms with E-state index in [0.29, 0.717) is 12.2 Å². The second-order valence-corrected chi connectivity index (χ2v) is 6.86. The Labute approximate surface area is 123 Å². The highest BCUT2D eigenvalue weighted by Crippen LogP contribution is 2.25. The largest absolute Gasteiger partial charge is 0.372 e. The van der Waals surface area contributed by atoms with Crippen molar-refractivity contribution >= 4 is 27.2 Å². The van der Waals surface area contributed by atoms with Crippen LogP contribution in [0.25, 0.3) is 0 Å². The Balaban J connectivity index is 2.31. The van der Waals surface area contributed by atoms with E-state index in [1.807, 2.05) is 24.4 Å². The van der Waals surface area contributed by atoms with E-state index in [-0.39, 0.29) is 10.9 Å². The lowest BCUT2D eigenvalue weighted by Gasteiger charge is -2.17. The van der Waals surface area contributed by atoms with Gasteiger partial charge in [0.2, 0.25) is 10.0 Å². The molecule has 2 aromatic rings. The van der Waals surface area contributed by atoms with E-state index in [0.717, 1.165) is 4.88 Å². The van der Waals surface area contributed by atoms with E-state index in [1.165, 1.54) is 0 Å². The first-order valence-electron chi connectivity index (χ1n) is 6.27. The van der Waals surface area contributed by atoms with Crippen LogP contribution in [0.5, 0.6) is 0 Å². The summed E-state index contributed by atoms with van der Waals surface area (Å²) in [5, 5.41) is 4.74. The summed E-state index contributed by atoms with van der Waals surface area (Å²) in [5.41, 5.74) is 0. The highest BCUT2D eigenvalue weighted by Gasteiger charge is 2.23. The number of anilines is 1. The maximum absolute atomic E-state index is 12.5. The van der Waals surface area contributed by atoms with Crippen LogP contribution in [0.15, 0.2) is 40.7 Å². The highest BCUT2D eigenvalue weighted by atomic mass is 32.2. The Morgan fingerprint density at radius 1 is 1.35 bits per heavy atom. The average Bonchev–Trinajstić information content (AvgIpc) is 2.98. The third-order valence-electron chi connectivity index (χ3n) is 2.89. The van der Waals surface area contributed by atoms with Crippen LogP contribution in [0.1, 0.15) is 24.3 Å². The summed E-state index contributed by atoms with van der Waals surface area (Å²) in [6, 6.07) is 6.79. The Kier molecular flexibility index (Phi) is 4.74. The zero-order valence-electron chi connectivity index (χ0n) is 11.3. The lowest BCUT2D eigenvalue weighted by atomic mass is 10.2. The van der Waals surface area contributed by atoms with Gasteiger partial charge >= 0.3 is 0 Å². The standard InChI is InChI=1S/C13H17N3O2S2/c1-3-10(11-6-5-9-19-11)16-20(17,18)12-7-4-8-15-13(12)14-2/h4-10,16H,3H2,1-2H3,(H,14,15). The molecule has 0 aliphatic carbocycles. The van der Waals surface area contributed by atoms with Crippen molar-refractivity contribution in [3.05, 3.63) is 40.7 Å². The molecule has 2 heterocycles. The zero-order chi connectivity index (χ0) is 14.6. The van der Waals surface area contributed by atoms with Crippen LogP contribution < -0.4 is 10.0 Å². The number of hydrogen-bond donors (Lipinski definition) is 2. The summed E-state index contributed by atoms with van der Waals surface area (Å²) in [6.07, 6.45) is 2.25. The summed E-state index contributed by atoms with van der Waals surface area (Å²) in [6.45, 7) is 1.95. The van der Waals surface area contributed by atoms with E-state index in [2.05, 4.69) is 15.0 Å². The van der Waals surface area contributed by atoms with Gasteiger partial charge in [-0.25, -0.2) is 18.1 Å². The molecule has 0 saturated heterocycles. The van der Waals surface area contributed by atoms with E-state index in [4.69, 9.17) is 0 Å². The number of aromatic nitrogens is 1. The second-order valence-electron chi connectivity index (χ2n) is 4.20. The Morgan fingerprint density at radius 2 is 2.15 bits per heavy atom. The number of rotatable bonds is 6. The highest BCUT2D eigenvalue weighted by molar-refractivity contribution is 7.89. The first kappa shape index (κ1) is 15.0. The van der Waals surface area contributed by atoms with Gasteiger partial charge in [-0.15, -0.1) is 11.3 Å². The SMILES string of the molecule is CCC(NS(=O)(=O)c1cccnc1NC)c1cccs1. The summed E-state index contributed by atoms with van der Waals surface area (Å²) in [4.78, 5) is 5.20. The molecule has 0 spiro atoms. The van der Waals surface area contributed by atoms with Crippen molar-refractivity contribution in [3.8, 4) is 0 Å². The van der Waals surface area contributed by atoms with Gasteiger partial charge in [-0.2, -0.15) is 0 Å². The minimum Gasteiger partial charge on any atom is -0.372 e. The predicted molar refractivity (Wildman–Crippen MR) is 81.5 cm³/mol. The number of sulfonamides is 1. The minimum atomic E-state index is -3.61. The van der Waals surface area contributed by atoms with Crippen molar-refractivity contribution < 1.29 is 8.42 Å². The molecule has 1 unspecified atom stereocenters. The number of pyridine rings is 1. The van der Waals surface area contributed by atoms with Gasteiger partial charge in [0.25, 0.3) is 0 Å². The van der Waals surface area contributed by atoms with Gasteiger partial charge in [0.05, 0.1) is 6.04 Å². The lowest BCUT2D eigenvalue weighted by Crippen LogP contribution is -2.28. The van der Waals surface area contributed by atoms with Crippen LogP contribution in [-0.2, 0) is 10.0 Å². The third-order valence-corrected chi connectivity index (χ3v) is 5.38. The summed E-state index contributed by atoms with van der Waals surface area (Å²) in [5.74, 6) is 0.348. The maximum Gasteiger partial charge on any atom is 0.244 e. The van der Waals surface area contributed by atoms with Crippen LogP contribution in [0.3, 0.4) is 0 Å². The summed E-state index contributed by atoms with van der Waals surface area (Å²) >= 11 is 1.54. The van der Waals surface area contributed by atoms with Crippen molar-refractivity contribution in [3.63, 3.8) is 0 Å². The van der Waals surface area contributed by atoms with Gasteiger partial charge in [-0.3, -0.25) is 0 Å². The van der Waals surface area contributed by atoms with Crippen molar-refractivity contribution in [2.45, 2.75) is 24.3 Å². The fraction of sp³-hybridized carbons (Fsp3) is 0.308. The van der Waals surface area contributed by atoms with Crippen molar-refractivity contribution in [1.82, 2.24) is 9.71 Å². The van der Waals surface area contributed by atoms with Gasteiger partial charge in [0, 0.05) is 18.1 Å². The normalized spacial score (nSPS) is 13.1. The molecule has 2 N–H and O–H groups in total. The first-order valence-corrected chi connectivity index (χ1v) is 8.63. The fourth-order valence-corrected chi connectivity index (χ4v) is 4.28. The second kappa shape index (κ2) is 6.34. The molecule has 2 aromatic heterocycles. The molecule has 0 aromatic carbocycles. The Hall–Kier alpha value is -1.44. The Morgan fingerprint density at radius 3 is 2.75 bits per heavy atom. The monoisotopic (exact) mass is 311 g/mol. The third kappa shape index (κ3) is 3.17. The van der Waals surface area contributed by atoms with E-state index < -0.39 is 10.0 Å². The number of nitrogens with one attached hydrogen (secondary N) is 2. The van der Waals surface area contributed by atoms with Crippen molar-refractivity contribution in [2.24, 2.45) is 0 Å². The number of nitrogens with zero attached hydrogens (tertiary/aromatic N) is 1. The lowest BCUT2D eigenvalue weighted by molar-refractivity contribution is 0.553. The van der Waals surface area contributed by atoms with Crippen molar-refractivity contribution in [1.29, 1.82) is 0 Å². The summed E-state index contributed by atoms with van der Waals surface area (Å²) < 4.78 is 27.7. The van der Waals surface area contributed by atoms with Gasteiger partial charge in [0.15, 0.2) is 0 Å². The molecular weight excluding hydrogens is 294 g/mol. The molecule has 7 heteroatoms. The van der Waals surface area contributed by atoms with Gasteiger partial charge in [-0.1, -0.05) is 13.0 Å². The van der Waals surface area contributed by atoms with Gasteiger partial charge in [-0.05, 0) is 30.0 Å². The molecule has 0 radical (unpaired) electrons. The quantitative estimate of drug-likeness (QED) is 0.860. The molecule has 0 fully saturated rings. The first-order chi connectivity index (χ1) is 9.58. The van der Waals surface area contributed by atoms with E-state index in [1.54, 1.807) is 36.7 Å². The number of thiophene rings is 1. The molecule has 0 bridgehead atoms. The van der Waals surface area contributed by atoms with Crippen molar-refractivity contribution in [2.75, 3.05) is 12.4 Å². The molecular formula is C13H17N3O2S2. The fourth-order valence-electron chi connectivity index (χ4n) is 1.88. The van der Waals surface area contributed by atoms with Crippen LogP contribution in [0, 0.1) is 0 Å². The smallest absolute Gasteiger partial charge is 0.244 e. The van der Waals surface area contributed by atoms with Gasteiger partial charge in [0.1, 0.15) is 10.7 Å². The molecule has 20 heavy (non-hydrogen) atoms. The maximum atomic E-state index is 12.5. The molecule has 0 saturated carbocycles. The summed E-state index contributed by atoms with van der Waals surface area (Å²) in [7, 11) is -1.96. The molecule has 0 aliphatic heterocycles. The number of hydrogen-bond acceptors (Lipinski definition) is 5. The molecule has 5 nitrogen and oxygen atoms in total. The minimum absolute atomic E-state index is 0.164. The molecule has 1 atom stereocenters.